The Kier molecular flexibility index (Phi) is 3.66. The molecule has 0 unspecified atom stereocenters. The minimum Gasteiger partial charge on any atom is -0.448 e. The first-order chi connectivity index (χ1) is 12.7. The average molecular weight is 353 g/mol. The molecule has 0 spiro atoms. The maximum atomic E-state index is 5.29. The standard InChI is InChI=1S/C18H23N7O/c1-12-15(19-11-26-12)10-23(2)14-8-24(9-14)17-7-6-16-20-21-18(25(16)22-17)13-4-3-5-13/h6-7,11,13-14H,3-5,8-10H2,1-2H3. The predicted octanol–water partition coefficient (Wildman–Crippen LogP) is 2.01. The minimum atomic E-state index is 0.496. The first kappa shape index (κ1) is 15.7. The van der Waals surface area contributed by atoms with Crippen LogP contribution in [0.5, 0.6) is 0 Å². The summed E-state index contributed by atoms with van der Waals surface area (Å²) in [4.78, 5) is 8.93. The van der Waals surface area contributed by atoms with Crippen LogP contribution in [0.2, 0.25) is 0 Å². The largest absolute Gasteiger partial charge is 0.448 e. The molecular formula is C18H23N7O. The Morgan fingerprint density at radius 2 is 2.08 bits per heavy atom. The number of hydrogen-bond donors (Lipinski definition) is 0. The number of likely N-dealkylation sites (N-methyl/N-ethyl adjacent to an activating group) is 1. The number of nitrogens with zero attached hydrogens (tertiary/aromatic N) is 7. The summed E-state index contributed by atoms with van der Waals surface area (Å²) >= 11 is 0. The van der Waals surface area contributed by atoms with Gasteiger partial charge in [0.2, 0.25) is 0 Å². The van der Waals surface area contributed by atoms with Crippen molar-refractivity contribution in [1.82, 2.24) is 29.7 Å². The van der Waals surface area contributed by atoms with Crippen LogP contribution in [0.25, 0.3) is 5.65 Å². The van der Waals surface area contributed by atoms with Gasteiger partial charge in [-0.25, -0.2) is 4.98 Å². The van der Waals surface area contributed by atoms with Gasteiger partial charge in [-0.1, -0.05) is 6.42 Å². The van der Waals surface area contributed by atoms with Crippen molar-refractivity contribution < 1.29 is 4.42 Å². The molecule has 4 heterocycles. The van der Waals surface area contributed by atoms with E-state index in [4.69, 9.17) is 9.52 Å². The van der Waals surface area contributed by atoms with Crippen molar-refractivity contribution in [2.24, 2.45) is 0 Å². The van der Waals surface area contributed by atoms with Gasteiger partial charge in [-0.3, -0.25) is 4.90 Å². The molecule has 8 heteroatoms. The minimum absolute atomic E-state index is 0.496. The second-order valence-corrected chi connectivity index (χ2v) is 7.48. The van der Waals surface area contributed by atoms with E-state index >= 15 is 0 Å². The van der Waals surface area contributed by atoms with E-state index in [1.165, 1.54) is 25.7 Å². The number of fused-ring (bicyclic) bond motifs is 1. The Balaban J connectivity index is 1.27. The summed E-state index contributed by atoms with van der Waals surface area (Å²) in [6.07, 6.45) is 5.20. The van der Waals surface area contributed by atoms with Gasteiger partial charge in [-0.2, -0.15) is 4.52 Å². The third-order valence-electron chi connectivity index (χ3n) is 5.80. The van der Waals surface area contributed by atoms with Gasteiger partial charge in [0.15, 0.2) is 17.9 Å². The molecule has 1 aliphatic heterocycles. The number of anilines is 1. The molecule has 2 fully saturated rings. The van der Waals surface area contributed by atoms with E-state index < -0.39 is 0 Å². The van der Waals surface area contributed by atoms with Crippen molar-refractivity contribution in [1.29, 1.82) is 0 Å². The zero-order valence-electron chi connectivity index (χ0n) is 15.2. The maximum Gasteiger partial charge on any atom is 0.181 e. The van der Waals surface area contributed by atoms with Gasteiger partial charge >= 0.3 is 0 Å². The Bertz CT molecular complexity index is 923. The van der Waals surface area contributed by atoms with Crippen molar-refractivity contribution >= 4 is 11.5 Å². The molecule has 0 bridgehead atoms. The van der Waals surface area contributed by atoms with E-state index in [1.54, 1.807) is 0 Å². The summed E-state index contributed by atoms with van der Waals surface area (Å²) in [5.41, 5.74) is 1.85. The van der Waals surface area contributed by atoms with E-state index in [1.807, 2.05) is 23.6 Å². The zero-order valence-corrected chi connectivity index (χ0v) is 15.2. The second kappa shape index (κ2) is 6.05. The lowest BCUT2D eigenvalue weighted by Gasteiger charge is -2.44. The Labute approximate surface area is 151 Å². The first-order valence-corrected chi connectivity index (χ1v) is 9.25. The highest BCUT2D eigenvalue weighted by Gasteiger charge is 2.32. The molecule has 2 aliphatic rings. The maximum absolute atomic E-state index is 5.29. The number of hydrogen-bond acceptors (Lipinski definition) is 7. The normalized spacial score (nSPS) is 18.5. The van der Waals surface area contributed by atoms with Crippen molar-refractivity contribution in [3.8, 4) is 0 Å². The predicted molar refractivity (Wildman–Crippen MR) is 96.1 cm³/mol. The van der Waals surface area contributed by atoms with Gasteiger partial charge in [-0.15, -0.1) is 15.3 Å². The Morgan fingerprint density at radius 1 is 1.23 bits per heavy atom. The Morgan fingerprint density at radius 3 is 2.77 bits per heavy atom. The molecule has 3 aromatic heterocycles. The highest BCUT2D eigenvalue weighted by atomic mass is 16.3. The highest BCUT2D eigenvalue weighted by Crippen LogP contribution is 2.35. The molecule has 3 aromatic rings. The van der Waals surface area contributed by atoms with Crippen LogP contribution >= 0.6 is 0 Å². The molecule has 5 rings (SSSR count). The number of aromatic nitrogens is 5. The topological polar surface area (TPSA) is 75.6 Å². The number of aryl methyl sites for hydroxylation is 1. The molecule has 0 amide bonds. The summed E-state index contributed by atoms with van der Waals surface area (Å²) in [5, 5.41) is 13.4. The fraction of sp³-hybridized carbons (Fsp3) is 0.556. The van der Waals surface area contributed by atoms with Crippen LogP contribution in [0.4, 0.5) is 5.82 Å². The molecule has 26 heavy (non-hydrogen) atoms. The van der Waals surface area contributed by atoms with Crippen molar-refractivity contribution in [2.45, 2.75) is 44.7 Å². The zero-order chi connectivity index (χ0) is 17.7. The van der Waals surface area contributed by atoms with Crippen LogP contribution in [0.1, 0.15) is 42.5 Å². The van der Waals surface area contributed by atoms with Gasteiger partial charge in [0.25, 0.3) is 0 Å². The van der Waals surface area contributed by atoms with Crippen molar-refractivity contribution in [3.63, 3.8) is 0 Å². The summed E-state index contributed by atoms with van der Waals surface area (Å²) < 4.78 is 7.23. The quantitative estimate of drug-likeness (QED) is 0.694. The number of oxazole rings is 1. The van der Waals surface area contributed by atoms with Crippen LogP contribution < -0.4 is 4.90 Å². The van der Waals surface area contributed by atoms with Crippen LogP contribution in [0.3, 0.4) is 0 Å². The second-order valence-electron chi connectivity index (χ2n) is 7.48. The van der Waals surface area contributed by atoms with Crippen LogP contribution in [-0.2, 0) is 6.54 Å². The molecule has 0 atom stereocenters. The fourth-order valence-corrected chi connectivity index (χ4v) is 3.65. The smallest absolute Gasteiger partial charge is 0.181 e. The third kappa shape index (κ3) is 2.56. The summed E-state index contributed by atoms with van der Waals surface area (Å²) in [6.45, 7) is 4.70. The third-order valence-corrected chi connectivity index (χ3v) is 5.80. The Hall–Kier alpha value is -2.48. The molecule has 8 nitrogen and oxygen atoms in total. The van der Waals surface area contributed by atoms with Gasteiger partial charge in [0.1, 0.15) is 11.6 Å². The fourth-order valence-electron chi connectivity index (χ4n) is 3.65. The van der Waals surface area contributed by atoms with E-state index in [9.17, 15) is 0 Å². The first-order valence-electron chi connectivity index (χ1n) is 9.25. The van der Waals surface area contributed by atoms with Crippen molar-refractivity contribution in [3.05, 3.63) is 35.8 Å². The lowest BCUT2D eigenvalue weighted by atomic mass is 9.85. The number of rotatable bonds is 5. The molecule has 1 aliphatic carbocycles. The summed E-state index contributed by atoms with van der Waals surface area (Å²) in [6, 6.07) is 4.57. The average Bonchev–Trinajstić information content (AvgIpc) is 3.12. The lowest BCUT2D eigenvalue weighted by Crippen LogP contribution is -2.58. The molecule has 1 saturated heterocycles. The molecule has 1 saturated carbocycles. The highest BCUT2D eigenvalue weighted by molar-refractivity contribution is 5.48. The van der Waals surface area contributed by atoms with E-state index in [-0.39, 0.29) is 0 Å². The van der Waals surface area contributed by atoms with Crippen molar-refractivity contribution in [2.75, 3.05) is 25.0 Å². The molecule has 0 aromatic carbocycles. The van der Waals surface area contributed by atoms with Gasteiger partial charge < -0.3 is 9.32 Å². The van der Waals surface area contributed by atoms with Gasteiger partial charge in [-0.05, 0) is 38.9 Å². The molecule has 0 N–H and O–H groups in total. The molecule has 0 radical (unpaired) electrons. The van der Waals surface area contributed by atoms with E-state index in [0.29, 0.717) is 12.0 Å². The molecule has 136 valence electrons. The van der Waals surface area contributed by atoms with E-state index in [0.717, 1.165) is 48.4 Å². The van der Waals surface area contributed by atoms with Crippen LogP contribution in [-0.4, -0.2) is 55.9 Å². The lowest BCUT2D eigenvalue weighted by molar-refractivity contribution is 0.194. The summed E-state index contributed by atoms with van der Waals surface area (Å²) in [5.74, 6) is 3.44. The van der Waals surface area contributed by atoms with Crippen LogP contribution in [0, 0.1) is 6.92 Å². The summed E-state index contributed by atoms with van der Waals surface area (Å²) in [7, 11) is 2.14. The monoisotopic (exact) mass is 353 g/mol. The van der Waals surface area contributed by atoms with Gasteiger partial charge in [0, 0.05) is 31.6 Å². The molecular weight excluding hydrogens is 330 g/mol. The van der Waals surface area contributed by atoms with Crippen LogP contribution in [0.15, 0.2) is 22.9 Å². The van der Waals surface area contributed by atoms with Gasteiger partial charge in [0.05, 0.1) is 5.69 Å². The SMILES string of the molecule is Cc1ocnc1CN(C)C1CN(c2ccc3nnc(C4CCC4)n3n2)C1. The van der Waals surface area contributed by atoms with E-state index in [2.05, 4.69) is 32.0 Å².